The molecule has 1 heterocycles. The first-order chi connectivity index (χ1) is 10.1. The normalized spacial score (nSPS) is 10.7. The van der Waals surface area contributed by atoms with E-state index in [0.717, 1.165) is 12.8 Å². The van der Waals surface area contributed by atoms with Gasteiger partial charge in [0, 0.05) is 17.5 Å². The van der Waals surface area contributed by atoms with Gasteiger partial charge >= 0.3 is 0 Å². The molecule has 1 amide bonds. The third kappa shape index (κ3) is 4.76. The summed E-state index contributed by atoms with van der Waals surface area (Å²) < 4.78 is 0.0769. The number of pyridine rings is 1. The van der Waals surface area contributed by atoms with E-state index in [0.29, 0.717) is 17.8 Å². The lowest BCUT2D eigenvalue weighted by molar-refractivity contribution is 0.0943. The summed E-state index contributed by atoms with van der Waals surface area (Å²) in [5, 5.41) is 2.99. The number of nitrogens with zero attached hydrogens (tertiary/aromatic N) is 1. The van der Waals surface area contributed by atoms with Gasteiger partial charge in [-0.15, -0.1) is 0 Å². The van der Waals surface area contributed by atoms with E-state index in [1.165, 1.54) is 0 Å². The molecule has 114 valence electrons. The minimum Gasteiger partial charge on any atom is -0.349 e. The van der Waals surface area contributed by atoms with Gasteiger partial charge in [0.05, 0.1) is 12.1 Å². The van der Waals surface area contributed by atoms with Crippen LogP contribution >= 0.6 is 11.8 Å². The molecule has 0 bridgehead atoms. The molecule has 0 aliphatic carbocycles. The van der Waals surface area contributed by atoms with Crippen LogP contribution in [0.1, 0.15) is 42.7 Å². The molecule has 3 N–H and O–H groups in total. The smallest absolute Gasteiger partial charge is 0.271 e. The molecule has 5 heteroatoms. The summed E-state index contributed by atoms with van der Waals surface area (Å²) in [4.78, 5) is 16.5. The zero-order valence-corrected chi connectivity index (χ0v) is 13.7. The molecule has 1 aromatic rings. The van der Waals surface area contributed by atoms with Crippen LogP contribution in [0.5, 0.6) is 0 Å². The van der Waals surface area contributed by atoms with Gasteiger partial charge < -0.3 is 11.1 Å². The highest BCUT2D eigenvalue weighted by Gasteiger charge is 2.26. The Balaban J connectivity index is 2.85. The summed E-state index contributed by atoms with van der Waals surface area (Å²) in [6, 6.07) is 3.55. The third-order valence-corrected chi connectivity index (χ3v) is 5.23. The molecule has 0 aromatic carbocycles. The van der Waals surface area contributed by atoms with E-state index in [1.54, 1.807) is 30.1 Å². The van der Waals surface area contributed by atoms with Crippen molar-refractivity contribution in [3.63, 3.8) is 0 Å². The van der Waals surface area contributed by atoms with Gasteiger partial charge in [0.1, 0.15) is 5.69 Å². The average molecular weight is 305 g/mol. The van der Waals surface area contributed by atoms with Crippen LogP contribution in [0, 0.1) is 11.8 Å². The Morgan fingerprint density at radius 3 is 2.76 bits per heavy atom. The van der Waals surface area contributed by atoms with Crippen molar-refractivity contribution in [3.05, 3.63) is 29.6 Å². The van der Waals surface area contributed by atoms with Crippen molar-refractivity contribution in [2.24, 2.45) is 5.73 Å². The first-order valence-electron chi connectivity index (χ1n) is 7.09. The first kappa shape index (κ1) is 17.5. The second-order valence-electron chi connectivity index (χ2n) is 4.68. The largest absolute Gasteiger partial charge is 0.349 e. The number of nitrogens with two attached hydrogens (primary N) is 1. The van der Waals surface area contributed by atoms with Crippen molar-refractivity contribution in [3.8, 4) is 11.8 Å². The first-order valence-corrected chi connectivity index (χ1v) is 8.32. The van der Waals surface area contributed by atoms with E-state index in [9.17, 15) is 4.79 Å². The summed E-state index contributed by atoms with van der Waals surface area (Å²) in [5.41, 5.74) is 6.35. The van der Waals surface area contributed by atoms with Crippen molar-refractivity contribution in [2.75, 3.05) is 19.3 Å². The standard InChI is InChI=1S/C16H23N3OS/c1-4-16(5-2,21-3)12-19-15(20)14-13(8-6-10-17)9-7-11-18-14/h7,9,11H,4-5,10,12,17H2,1-3H3,(H,19,20). The molecular formula is C16H23N3OS. The Kier molecular flexibility index (Phi) is 7.27. The van der Waals surface area contributed by atoms with E-state index in [-0.39, 0.29) is 17.2 Å². The van der Waals surface area contributed by atoms with Crippen LogP contribution < -0.4 is 11.1 Å². The Bertz CT molecular complexity index is 522. The molecule has 0 radical (unpaired) electrons. The van der Waals surface area contributed by atoms with Crippen LogP contribution in [0.2, 0.25) is 0 Å². The molecule has 0 unspecified atom stereocenters. The molecule has 0 saturated heterocycles. The number of nitrogens with one attached hydrogen (secondary N) is 1. The maximum Gasteiger partial charge on any atom is 0.271 e. The lowest BCUT2D eigenvalue weighted by Gasteiger charge is -2.29. The van der Waals surface area contributed by atoms with Gasteiger partial charge in [-0.3, -0.25) is 4.79 Å². The SMILES string of the molecule is CCC(CC)(CNC(=O)c1ncccc1C#CCN)SC. The van der Waals surface area contributed by atoms with Crippen molar-refractivity contribution < 1.29 is 4.79 Å². The highest BCUT2D eigenvalue weighted by atomic mass is 32.2. The van der Waals surface area contributed by atoms with Gasteiger partial charge in [0.25, 0.3) is 5.91 Å². The molecular weight excluding hydrogens is 282 g/mol. The van der Waals surface area contributed by atoms with Crippen LogP contribution in [0.25, 0.3) is 0 Å². The zero-order valence-electron chi connectivity index (χ0n) is 12.9. The van der Waals surface area contributed by atoms with Gasteiger partial charge in [0.15, 0.2) is 0 Å². The number of hydrogen-bond acceptors (Lipinski definition) is 4. The van der Waals surface area contributed by atoms with Gasteiger partial charge in [-0.05, 0) is 31.2 Å². The lowest BCUT2D eigenvalue weighted by Crippen LogP contribution is -2.40. The van der Waals surface area contributed by atoms with E-state index in [2.05, 4.69) is 42.2 Å². The molecule has 0 saturated carbocycles. The minimum atomic E-state index is -0.183. The Morgan fingerprint density at radius 1 is 1.48 bits per heavy atom. The highest BCUT2D eigenvalue weighted by molar-refractivity contribution is 8.00. The maximum absolute atomic E-state index is 12.3. The van der Waals surface area contributed by atoms with Gasteiger partial charge in [-0.25, -0.2) is 4.98 Å². The van der Waals surface area contributed by atoms with Crippen molar-refractivity contribution in [1.29, 1.82) is 0 Å². The van der Waals surface area contributed by atoms with E-state index in [1.807, 2.05) is 0 Å². The van der Waals surface area contributed by atoms with E-state index >= 15 is 0 Å². The quantitative estimate of drug-likeness (QED) is 0.789. The Labute approximate surface area is 131 Å². The van der Waals surface area contributed by atoms with Crippen molar-refractivity contribution in [1.82, 2.24) is 10.3 Å². The van der Waals surface area contributed by atoms with Gasteiger partial charge in [-0.2, -0.15) is 11.8 Å². The van der Waals surface area contributed by atoms with Crippen molar-refractivity contribution >= 4 is 17.7 Å². The van der Waals surface area contributed by atoms with Crippen LogP contribution in [-0.4, -0.2) is 35.0 Å². The van der Waals surface area contributed by atoms with Crippen LogP contribution in [-0.2, 0) is 0 Å². The molecule has 0 fully saturated rings. The van der Waals surface area contributed by atoms with Gasteiger partial charge in [-0.1, -0.05) is 25.7 Å². The topological polar surface area (TPSA) is 68.0 Å². The van der Waals surface area contributed by atoms with E-state index < -0.39 is 0 Å². The second kappa shape index (κ2) is 8.71. The number of thioether (sulfide) groups is 1. The molecule has 0 atom stereocenters. The molecule has 0 aliphatic rings. The fraction of sp³-hybridized carbons (Fsp3) is 0.500. The number of aromatic nitrogens is 1. The monoisotopic (exact) mass is 305 g/mol. The Hall–Kier alpha value is -1.51. The second-order valence-corrected chi connectivity index (χ2v) is 5.96. The average Bonchev–Trinajstić information content (AvgIpc) is 2.54. The fourth-order valence-corrected chi connectivity index (χ4v) is 2.81. The molecule has 0 spiro atoms. The van der Waals surface area contributed by atoms with Crippen molar-refractivity contribution in [2.45, 2.75) is 31.4 Å². The molecule has 1 rings (SSSR count). The summed E-state index contributed by atoms with van der Waals surface area (Å²) in [6.45, 7) is 5.17. The number of hydrogen-bond donors (Lipinski definition) is 2. The number of carbonyl (C=O) groups excluding carboxylic acids is 1. The number of carbonyl (C=O) groups is 1. The number of rotatable bonds is 6. The molecule has 21 heavy (non-hydrogen) atoms. The predicted molar refractivity (Wildman–Crippen MR) is 89.3 cm³/mol. The third-order valence-electron chi connectivity index (χ3n) is 3.64. The highest BCUT2D eigenvalue weighted by Crippen LogP contribution is 2.29. The maximum atomic E-state index is 12.3. The molecule has 0 aliphatic heterocycles. The fourth-order valence-electron chi connectivity index (χ4n) is 2.02. The summed E-state index contributed by atoms with van der Waals surface area (Å²) in [6.07, 6.45) is 5.70. The zero-order chi connectivity index (χ0) is 15.7. The molecule has 1 aromatic heterocycles. The summed E-state index contributed by atoms with van der Waals surface area (Å²) >= 11 is 1.79. The van der Waals surface area contributed by atoms with Crippen LogP contribution in [0.15, 0.2) is 18.3 Å². The van der Waals surface area contributed by atoms with Crippen LogP contribution in [0.4, 0.5) is 0 Å². The van der Waals surface area contributed by atoms with Crippen LogP contribution in [0.3, 0.4) is 0 Å². The Morgan fingerprint density at radius 2 is 2.19 bits per heavy atom. The van der Waals surface area contributed by atoms with Gasteiger partial charge in [0.2, 0.25) is 0 Å². The van der Waals surface area contributed by atoms with E-state index in [4.69, 9.17) is 5.73 Å². The number of amides is 1. The molecule has 4 nitrogen and oxygen atoms in total. The lowest BCUT2D eigenvalue weighted by atomic mass is 10.0. The minimum absolute atomic E-state index is 0.0769. The summed E-state index contributed by atoms with van der Waals surface area (Å²) in [7, 11) is 0. The summed E-state index contributed by atoms with van der Waals surface area (Å²) in [5.74, 6) is 5.47. The predicted octanol–water partition coefficient (Wildman–Crippen LogP) is 2.04.